The van der Waals surface area contributed by atoms with Crippen molar-refractivity contribution in [1.82, 2.24) is 9.62 Å². The molecule has 1 aromatic rings. The summed E-state index contributed by atoms with van der Waals surface area (Å²) in [5.74, 6) is 1.17. The van der Waals surface area contributed by atoms with Gasteiger partial charge in [0.25, 0.3) is 5.91 Å². The molecular weight excluding hydrogens is 384 g/mol. The molecule has 8 nitrogen and oxygen atoms in total. The predicted molar refractivity (Wildman–Crippen MR) is 102 cm³/mol. The van der Waals surface area contributed by atoms with E-state index in [-0.39, 0.29) is 35.1 Å². The van der Waals surface area contributed by atoms with Crippen LogP contribution in [0.2, 0.25) is 0 Å². The van der Waals surface area contributed by atoms with E-state index in [1.165, 1.54) is 31.2 Å². The van der Waals surface area contributed by atoms with Gasteiger partial charge in [-0.15, -0.1) is 6.42 Å². The number of carbonyl (C=O) groups is 2. The predicted octanol–water partition coefficient (Wildman–Crippen LogP) is 0.779. The third-order valence-electron chi connectivity index (χ3n) is 4.13. The Labute approximate surface area is 165 Å². The Balaban J connectivity index is 2.00. The van der Waals surface area contributed by atoms with E-state index in [1.54, 1.807) is 4.90 Å². The lowest BCUT2D eigenvalue weighted by molar-refractivity contribution is -0.151. The molecule has 0 aromatic heterocycles. The van der Waals surface area contributed by atoms with Crippen molar-refractivity contribution in [1.29, 1.82) is 0 Å². The van der Waals surface area contributed by atoms with Crippen molar-refractivity contribution in [2.75, 3.05) is 19.6 Å². The van der Waals surface area contributed by atoms with Crippen LogP contribution < -0.4 is 4.72 Å². The molecule has 1 aromatic carbocycles. The summed E-state index contributed by atoms with van der Waals surface area (Å²) in [5.41, 5.74) is 0.138. The van der Waals surface area contributed by atoms with Crippen LogP contribution in [0.25, 0.3) is 0 Å². The molecule has 0 aliphatic carbocycles. The van der Waals surface area contributed by atoms with Gasteiger partial charge in [-0.05, 0) is 45.0 Å². The smallest absolute Gasteiger partial charge is 0.338 e. The van der Waals surface area contributed by atoms with Crippen molar-refractivity contribution in [2.24, 2.45) is 0 Å². The maximum atomic E-state index is 12.5. The van der Waals surface area contributed by atoms with E-state index in [9.17, 15) is 18.0 Å². The molecule has 1 aliphatic rings. The minimum absolute atomic E-state index is 0.0280. The number of benzene rings is 1. The molecular formula is C19H24N2O6S. The Morgan fingerprint density at radius 3 is 2.39 bits per heavy atom. The first kappa shape index (κ1) is 21.9. The van der Waals surface area contributed by atoms with Gasteiger partial charge in [-0.2, -0.15) is 4.72 Å². The first-order chi connectivity index (χ1) is 13.1. The molecule has 0 saturated carbocycles. The van der Waals surface area contributed by atoms with Crippen LogP contribution in [0.3, 0.4) is 0 Å². The van der Waals surface area contributed by atoms with Crippen LogP contribution in [-0.2, 0) is 24.3 Å². The Bertz CT molecular complexity index is 849. The van der Waals surface area contributed by atoms with Gasteiger partial charge >= 0.3 is 5.97 Å². The number of nitrogens with zero attached hydrogens (tertiary/aromatic N) is 1. The van der Waals surface area contributed by atoms with Crippen LogP contribution >= 0.6 is 0 Å². The first-order valence-corrected chi connectivity index (χ1v) is 10.3. The molecule has 1 aliphatic heterocycles. The Morgan fingerprint density at radius 2 is 1.86 bits per heavy atom. The molecule has 0 bridgehead atoms. The molecule has 1 saturated heterocycles. The fourth-order valence-electron chi connectivity index (χ4n) is 2.88. The number of amides is 1. The summed E-state index contributed by atoms with van der Waals surface area (Å²) in [5, 5.41) is 0. The van der Waals surface area contributed by atoms with Gasteiger partial charge in [-0.3, -0.25) is 4.79 Å². The molecule has 3 unspecified atom stereocenters. The molecule has 2 rings (SSSR count). The number of sulfonamides is 1. The SMILES string of the molecule is C#CCNS(=O)(=O)c1ccc(C(=O)OC(C)C(=O)N2CC(C)OC(C)C2)cc1. The van der Waals surface area contributed by atoms with Gasteiger partial charge in [0.1, 0.15) is 0 Å². The normalized spacial score (nSPS) is 20.9. The molecule has 3 atom stereocenters. The highest BCUT2D eigenvalue weighted by molar-refractivity contribution is 7.89. The zero-order valence-electron chi connectivity index (χ0n) is 16.0. The fourth-order valence-corrected chi connectivity index (χ4v) is 3.82. The number of terminal acetylenes is 1. The van der Waals surface area contributed by atoms with E-state index in [2.05, 4.69) is 10.6 Å². The van der Waals surface area contributed by atoms with Crippen LogP contribution in [0.5, 0.6) is 0 Å². The highest BCUT2D eigenvalue weighted by atomic mass is 32.2. The summed E-state index contributed by atoms with van der Waals surface area (Å²) in [7, 11) is -3.74. The average Bonchev–Trinajstić information content (AvgIpc) is 2.65. The summed E-state index contributed by atoms with van der Waals surface area (Å²) in [6.07, 6.45) is 3.90. The van der Waals surface area contributed by atoms with Gasteiger partial charge < -0.3 is 14.4 Å². The van der Waals surface area contributed by atoms with Gasteiger partial charge in [0.15, 0.2) is 6.10 Å². The number of rotatable bonds is 6. The van der Waals surface area contributed by atoms with Gasteiger partial charge in [0.05, 0.1) is 29.2 Å². The lowest BCUT2D eigenvalue weighted by atomic mass is 10.2. The van der Waals surface area contributed by atoms with Gasteiger partial charge in [-0.25, -0.2) is 13.2 Å². The summed E-state index contributed by atoms with van der Waals surface area (Å²) >= 11 is 0. The maximum Gasteiger partial charge on any atom is 0.338 e. The molecule has 0 spiro atoms. The second-order valence-electron chi connectivity index (χ2n) is 6.60. The second kappa shape index (κ2) is 9.19. The van der Waals surface area contributed by atoms with Crippen LogP contribution in [0.15, 0.2) is 29.2 Å². The standard InChI is InChI=1S/C19H24N2O6S/c1-5-10-20-28(24,25)17-8-6-16(7-9-17)19(23)27-15(4)18(22)21-11-13(2)26-14(3)12-21/h1,6-9,13-15,20H,10-12H2,2-4H3. The highest BCUT2D eigenvalue weighted by Crippen LogP contribution is 2.15. The van der Waals surface area contributed by atoms with Crippen molar-refractivity contribution < 1.29 is 27.5 Å². The topological polar surface area (TPSA) is 102 Å². The summed E-state index contributed by atoms with van der Waals surface area (Å²) in [4.78, 5) is 26.4. The van der Waals surface area contributed by atoms with Crippen molar-refractivity contribution in [3.8, 4) is 12.3 Å². The van der Waals surface area contributed by atoms with E-state index in [0.29, 0.717) is 13.1 Å². The molecule has 1 amide bonds. The molecule has 0 radical (unpaired) electrons. The largest absolute Gasteiger partial charge is 0.449 e. The monoisotopic (exact) mass is 408 g/mol. The minimum Gasteiger partial charge on any atom is -0.449 e. The molecule has 1 heterocycles. The van der Waals surface area contributed by atoms with Crippen molar-refractivity contribution in [3.63, 3.8) is 0 Å². The van der Waals surface area contributed by atoms with E-state index < -0.39 is 22.1 Å². The van der Waals surface area contributed by atoms with E-state index in [4.69, 9.17) is 15.9 Å². The van der Waals surface area contributed by atoms with Crippen molar-refractivity contribution >= 4 is 21.9 Å². The molecule has 152 valence electrons. The van der Waals surface area contributed by atoms with Crippen molar-refractivity contribution in [3.05, 3.63) is 29.8 Å². The Hall–Kier alpha value is -2.41. The van der Waals surface area contributed by atoms with Crippen LogP contribution in [-0.4, -0.2) is 63.1 Å². The Morgan fingerprint density at radius 1 is 1.29 bits per heavy atom. The van der Waals surface area contributed by atoms with E-state index >= 15 is 0 Å². The number of carbonyl (C=O) groups excluding carboxylic acids is 2. The number of hydrogen-bond acceptors (Lipinski definition) is 6. The number of esters is 1. The molecule has 28 heavy (non-hydrogen) atoms. The van der Waals surface area contributed by atoms with Gasteiger partial charge in [-0.1, -0.05) is 5.92 Å². The number of ether oxygens (including phenoxy) is 2. The van der Waals surface area contributed by atoms with Gasteiger partial charge in [0, 0.05) is 13.1 Å². The highest BCUT2D eigenvalue weighted by Gasteiger charge is 2.30. The van der Waals surface area contributed by atoms with Crippen LogP contribution in [0.4, 0.5) is 0 Å². The number of hydrogen-bond donors (Lipinski definition) is 1. The molecule has 1 N–H and O–H groups in total. The first-order valence-electron chi connectivity index (χ1n) is 8.82. The zero-order chi connectivity index (χ0) is 20.9. The van der Waals surface area contributed by atoms with Crippen LogP contribution in [0.1, 0.15) is 31.1 Å². The molecule has 1 fully saturated rings. The fraction of sp³-hybridized carbons (Fsp3) is 0.474. The third kappa shape index (κ3) is 5.55. The summed E-state index contributed by atoms with van der Waals surface area (Å²) in [6, 6.07) is 5.19. The van der Waals surface area contributed by atoms with Crippen molar-refractivity contribution in [2.45, 2.75) is 44.0 Å². The minimum atomic E-state index is -3.74. The summed E-state index contributed by atoms with van der Waals surface area (Å²) < 4.78 is 37.0. The zero-order valence-corrected chi connectivity index (χ0v) is 16.9. The maximum absolute atomic E-state index is 12.5. The molecule has 9 heteroatoms. The van der Waals surface area contributed by atoms with E-state index in [0.717, 1.165) is 0 Å². The van der Waals surface area contributed by atoms with E-state index in [1.807, 2.05) is 13.8 Å². The third-order valence-corrected chi connectivity index (χ3v) is 5.54. The summed E-state index contributed by atoms with van der Waals surface area (Å²) in [6.45, 7) is 5.99. The number of nitrogens with one attached hydrogen (secondary N) is 1. The average molecular weight is 408 g/mol. The lowest BCUT2D eigenvalue weighted by Crippen LogP contribution is -2.51. The number of morpholine rings is 1. The van der Waals surface area contributed by atoms with Crippen LogP contribution in [0, 0.1) is 12.3 Å². The quantitative estimate of drug-likeness (QED) is 0.551. The lowest BCUT2D eigenvalue weighted by Gasteiger charge is -2.36. The van der Waals surface area contributed by atoms with Gasteiger partial charge in [0.2, 0.25) is 10.0 Å². The second-order valence-corrected chi connectivity index (χ2v) is 8.37. The Kier molecular flexibility index (Phi) is 7.18.